The number of nitrogens with zero attached hydrogens (tertiary/aromatic N) is 1. The van der Waals surface area contributed by atoms with Crippen LogP contribution in [0.4, 0.5) is 0 Å². The van der Waals surface area contributed by atoms with Gasteiger partial charge in [0, 0.05) is 19.6 Å². The Morgan fingerprint density at radius 1 is 1.21 bits per heavy atom. The highest BCUT2D eigenvalue weighted by atomic mass is 35.5. The fraction of sp³-hybridized carbons (Fsp3) is 0.636. The number of amides is 2. The van der Waals surface area contributed by atoms with E-state index in [1.54, 1.807) is 0 Å². The molecular weight excluding hydrogens is 390 g/mol. The smallest absolute Gasteiger partial charge is 0.237 e. The number of halogens is 1. The van der Waals surface area contributed by atoms with Gasteiger partial charge in [0.05, 0.1) is 25.2 Å². The van der Waals surface area contributed by atoms with E-state index in [0.717, 1.165) is 57.3 Å². The molecule has 1 aromatic rings. The Kier molecular flexibility index (Phi) is 7.92. The van der Waals surface area contributed by atoms with Crippen molar-refractivity contribution in [3.05, 3.63) is 35.4 Å². The minimum atomic E-state index is -0.133. The number of piperidine rings is 1. The van der Waals surface area contributed by atoms with Gasteiger partial charge in [-0.2, -0.15) is 0 Å². The summed E-state index contributed by atoms with van der Waals surface area (Å²) in [6, 6.07) is 8.24. The van der Waals surface area contributed by atoms with Gasteiger partial charge >= 0.3 is 0 Å². The van der Waals surface area contributed by atoms with Crippen molar-refractivity contribution in [2.24, 2.45) is 5.92 Å². The second kappa shape index (κ2) is 10.4. The number of hydrogen-bond acceptors (Lipinski definition) is 4. The van der Waals surface area contributed by atoms with E-state index in [0.29, 0.717) is 25.5 Å². The molecule has 6 nitrogen and oxygen atoms in total. The molecule has 2 saturated heterocycles. The summed E-state index contributed by atoms with van der Waals surface area (Å²) < 4.78 is 5.92. The van der Waals surface area contributed by atoms with E-state index < -0.39 is 0 Å². The number of likely N-dealkylation sites (tertiary alicyclic amines) is 1. The van der Waals surface area contributed by atoms with Crippen LogP contribution in [-0.4, -0.2) is 55.5 Å². The molecule has 0 spiro atoms. The second-order valence-corrected chi connectivity index (χ2v) is 8.25. The van der Waals surface area contributed by atoms with Crippen molar-refractivity contribution >= 4 is 24.2 Å². The van der Waals surface area contributed by atoms with Crippen molar-refractivity contribution in [1.82, 2.24) is 15.5 Å². The Labute approximate surface area is 179 Å². The Morgan fingerprint density at radius 2 is 2.07 bits per heavy atom. The molecule has 3 atom stereocenters. The maximum absolute atomic E-state index is 12.9. The van der Waals surface area contributed by atoms with Crippen LogP contribution in [0, 0.1) is 5.92 Å². The average Bonchev–Trinajstić information content (AvgIpc) is 3.27. The fourth-order valence-corrected chi connectivity index (χ4v) is 4.67. The van der Waals surface area contributed by atoms with Gasteiger partial charge in [-0.3, -0.25) is 9.59 Å². The number of rotatable bonds is 5. The van der Waals surface area contributed by atoms with Crippen LogP contribution >= 0.6 is 12.4 Å². The molecular formula is C22H32ClN3O3. The molecule has 7 heteroatoms. The first kappa shape index (κ1) is 22.1. The van der Waals surface area contributed by atoms with Crippen LogP contribution in [0.25, 0.3) is 0 Å². The molecule has 29 heavy (non-hydrogen) atoms. The van der Waals surface area contributed by atoms with E-state index in [2.05, 4.69) is 22.8 Å². The average molecular weight is 422 g/mol. The van der Waals surface area contributed by atoms with Gasteiger partial charge in [0.1, 0.15) is 0 Å². The van der Waals surface area contributed by atoms with Gasteiger partial charge in [0.2, 0.25) is 11.8 Å². The lowest BCUT2D eigenvalue weighted by Crippen LogP contribution is -2.47. The first-order valence-corrected chi connectivity index (χ1v) is 10.7. The Hall–Kier alpha value is -1.63. The van der Waals surface area contributed by atoms with Crippen LogP contribution < -0.4 is 10.6 Å². The topological polar surface area (TPSA) is 70.7 Å². The standard InChI is InChI=1S/C22H31N3O3.ClH/c26-21(13-20-18-7-2-1-6-17(18)9-12-28-20)25-11-4-5-16(15-25)14-24-22(27)19-8-3-10-23-19;/h1-2,6-7,16,19-20,23H,3-5,8-15H2,(H,24,27);1H. The van der Waals surface area contributed by atoms with Crippen molar-refractivity contribution in [2.75, 3.05) is 32.8 Å². The zero-order chi connectivity index (χ0) is 19.3. The molecule has 3 aliphatic rings. The number of ether oxygens (including phenoxy) is 1. The van der Waals surface area contributed by atoms with E-state index >= 15 is 0 Å². The monoisotopic (exact) mass is 421 g/mol. The zero-order valence-electron chi connectivity index (χ0n) is 16.9. The van der Waals surface area contributed by atoms with Crippen LogP contribution in [0.1, 0.15) is 49.3 Å². The van der Waals surface area contributed by atoms with Gasteiger partial charge in [-0.1, -0.05) is 24.3 Å². The lowest BCUT2D eigenvalue weighted by Gasteiger charge is -2.34. The molecule has 0 saturated carbocycles. The summed E-state index contributed by atoms with van der Waals surface area (Å²) >= 11 is 0. The van der Waals surface area contributed by atoms with E-state index in [9.17, 15) is 9.59 Å². The van der Waals surface area contributed by atoms with E-state index in [1.165, 1.54) is 5.56 Å². The highest BCUT2D eigenvalue weighted by Gasteiger charge is 2.29. The summed E-state index contributed by atoms with van der Waals surface area (Å²) in [5.74, 6) is 0.603. The third-order valence-electron chi connectivity index (χ3n) is 6.27. The van der Waals surface area contributed by atoms with Crippen molar-refractivity contribution < 1.29 is 14.3 Å². The number of hydrogen-bond donors (Lipinski definition) is 2. The van der Waals surface area contributed by atoms with Gasteiger partial charge < -0.3 is 20.3 Å². The lowest BCUT2D eigenvalue weighted by molar-refractivity contribution is -0.136. The molecule has 2 amide bonds. The number of carbonyl (C=O) groups excluding carboxylic acids is 2. The second-order valence-electron chi connectivity index (χ2n) is 8.25. The molecule has 3 heterocycles. The lowest BCUT2D eigenvalue weighted by atomic mass is 9.94. The molecule has 0 bridgehead atoms. The van der Waals surface area contributed by atoms with Gasteiger partial charge in [-0.25, -0.2) is 0 Å². The van der Waals surface area contributed by atoms with E-state index in [4.69, 9.17) is 4.74 Å². The molecule has 1 aromatic carbocycles. The fourth-order valence-electron chi connectivity index (χ4n) is 4.67. The summed E-state index contributed by atoms with van der Waals surface area (Å²) in [6.07, 6.45) is 5.23. The maximum Gasteiger partial charge on any atom is 0.237 e. The summed E-state index contributed by atoms with van der Waals surface area (Å²) in [7, 11) is 0. The maximum atomic E-state index is 12.9. The highest BCUT2D eigenvalue weighted by molar-refractivity contribution is 5.85. The molecule has 160 valence electrons. The van der Waals surface area contributed by atoms with Crippen LogP contribution in [0.3, 0.4) is 0 Å². The first-order chi connectivity index (χ1) is 13.7. The van der Waals surface area contributed by atoms with Crippen molar-refractivity contribution in [3.8, 4) is 0 Å². The minimum Gasteiger partial charge on any atom is -0.373 e. The largest absolute Gasteiger partial charge is 0.373 e. The molecule has 2 fully saturated rings. The van der Waals surface area contributed by atoms with Crippen LogP contribution in [0.2, 0.25) is 0 Å². The molecule has 3 unspecified atom stereocenters. The van der Waals surface area contributed by atoms with Gasteiger partial charge in [0.15, 0.2) is 0 Å². The summed E-state index contributed by atoms with van der Waals surface area (Å²) in [5, 5.41) is 6.32. The van der Waals surface area contributed by atoms with Crippen LogP contribution in [0.5, 0.6) is 0 Å². The molecule has 3 aliphatic heterocycles. The summed E-state index contributed by atoms with van der Waals surface area (Å²) in [5.41, 5.74) is 2.46. The van der Waals surface area contributed by atoms with E-state index in [1.807, 2.05) is 17.0 Å². The predicted octanol–water partition coefficient (Wildman–Crippen LogP) is 2.22. The number of carbonyl (C=O) groups is 2. The van der Waals surface area contributed by atoms with Gasteiger partial charge in [-0.15, -0.1) is 12.4 Å². The quantitative estimate of drug-likeness (QED) is 0.764. The Balaban J connectivity index is 0.00000240. The molecule has 0 aliphatic carbocycles. The zero-order valence-corrected chi connectivity index (χ0v) is 17.7. The van der Waals surface area contributed by atoms with Crippen LogP contribution in [0.15, 0.2) is 24.3 Å². The number of fused-ring (bicyclic) bond motifs is 1. The molecule has 0 aromatic heterocycles. The van der Waals surface area contributed by atoms with Crippen molar-refractivity contribution in [2.45, 2.75) is 50.7 Å². The Morgan fingerprint density at radius 3 is 2.90 bits per heavy atom. The summed E-state index contributed by atoms with van der Waals surface area (Å²) in [6.45, 7) is 3.80. The van der Waals surface area contributed by atoms with E-state index in [-0.39, 0.29) is 36.4 Å². The molecule has 2 N–H and O–H groups in total. The van der Waals surface area contributed by atoms with Crippen molar-refractivity contribution in [1.29, 1.82) is 0 Å². The van der Waals surface area contributed by atoms with Gasteiger partial charge in [-0.05, 0) is 55.7 Å². The summed E-state index contributed by atoms with van der Waals surface area (Å²) in [4.78, 5) is 27.1. The Bertz CT molecular complexity index is 708. The van der Waals surface area contributed by atoms with Gasteiger partial charge in [0.25, 0.3) is 0 Å². The highest BCUT2D eigenvalue weighted by Crippen LogP contribution is 2.30. The molecule has 0 radical (unpaired) electrons. The minimum absolute atomic E-state index is 0. The molecule has 4 rings (SSSR count). The SMILES string of the molecule is Cl.O=C(NCC1CCCN(C(=O)CC2OCCc3ccccc32)C1)C1CCCN1. The normalized spacial score (nSPS) is 26.3. The third-order valence-corrected chi connectivity index (χ3v) is 6.27. The van der Waals surface area contributed by atoms with Crippen LogP contribution in [-0.2, 0) is 20.7 Å². The first-order valence-electron chi connectivity index (χ1n) is 10.7. The van der Waals surface area contributed by atoms with Crippen molar-refractivity contribution in [3.63, 3.8) is 0 Å². The number of benzene rings is 1. The number of nitrogens with one attached hydrogen (secondary N) is 2. The third kappa shape index (κ3) is 5.50. The predicted molar refractivity (Wildman–Crippen MR) is 114 cm³/mol.